The van der Waals surface area contributed by atoms with Gasteiger partial charge >= 0.3 is 0 Å². The summed E-state index contributed by atoms with van der Waals surface area (Å²) in [7, 11) is 0. The van der Waals surface area contributed by atoms with Gasteiger partial charge in [0.1, 0.15) is 6.61 Å². The van der Waals surface area contributed by atoms with E-state index in [-0.39, 0.29) is 24.2 Å². The van der Waals surface area contributed by atoms with Gasteiger partial charge in [0, 0.05) is 0 Å². The van der Waals surface area contributed by atoms with Gasteiger partial charge in [-0.3, -0.25) is 0 Å². The number of benzene rings is 1. The van der Waals surface area contributed by atoms with E-state index >= 15 is 0 Å². The summed E-state index contributed by atoms with van der Waals surface area (Å²) in [6.45, 7) is 4.67. The van der Waals surface area contributed by atoms with Crippen molar-refractivity contribution in [3.05, 3.63) is 29.3 Å². The van der Waals surface area contributed by atoms with E-state index in [1.54, 1.807) is 12.1 Å². The molecule has 2 aliphatic carbocycles. The zero-order valence-electron chi connectivity index (χ0n) is 20.9. The van der Waals surface area contributed by atoms with Crippen molar-refractivity contribution in [3.63, 3.8) is 0 Å². The summed E-state index contributed by atoms with van der Waals surface area (Å²) < 4.78 is 35.4. The Bertz CT molecular complexity index is 751. The van der Waals surface area contributed by atoms with Crippen LogP contribution in [0.1, 0.15) is 115 Å². The zero-order valence-corrected chi connectivity index (χ0v) is 20.9. The minimum absolute atomic E-state index is 0.00971. The molecule has 0 aromatic heterocycles. The van der Waals surface area contributed by atoms with Crippen LogP contribution in [0.2, 0.25) is 0 Å². The molecule has 0 radical (unpaired) electrons. The summed E-state index contributed by atoms with van der Waals surface area (Å²) >= 11 is 0. The third-order valence-electron chi connectivity index (χ3n) is 8.38. The maximum Gasteiger partial charge on any atom is 0.200 e. The van der Waals surface area contributed by atoms with Crippen molar-refractivity contribution >= 4 is 0 Å². The fraction of sp³-hybridized carbons (Fsp3) is 0.733. The highest BCUT2D eigenvalue weighted by Gasteiger charge is 2.32. The lowest BCUT2D eigenvalue weighted by atomic mass is 9.68. The van der Waals surface area contributed by atoms with Crippen LogP contribution in [0.5, 0.6) is 5.75 Å². The molecule has 0 bridgehead atoms. The molecule has 2 saturated carbocycles. The first-order valence-electron chi connectivity index (χ1n) is 13.6. The Morgan fingerprint density at radius 1 is 0.909 bits per heavy atom. The molecule has 3 heteroatoms. The average molecular weight is 459 g/mol. The van der Waals surface area contributed by atoms with Crippen LogP contribution in [0, 0.1) is 47.6 Å². The van der Waals surface area contributed by atoms with Crippen LogP contribution in [0.15, 0.2) is 12.1 Å². The molecule has 3 rings (SSSR count). The van der Waals surface area contributed by atoms with Crippen molar-refractivity contribution < 1.29 is 13.5 Å². The summed E-state index contributed by atoms with van der Waals surface area (Å²) in [6, 6.07) is 3.35. The molecule has 0 spiro atoms. The molecule has 0 aliphatic heterocycles. The molecule has 1 unspecified atom stereocenters. The summed E-state index contributed by atoms with van der Waals surface area (Å²) in [6.07, 6.45) is 22.2. The lowest BCUT2D eigenvalue weighted by Crippen LogP contribution is -2.25. The minimum Gasteiger partial charge on any atom is -0.489 e. The maximum atomic E-state index is 15.0. The van der Waals surface area contributed by atoms with Gasteiger partial charge in [-0.15, -0.1) is 6.42 Å². The monoisotopic (exact) mass is 458 g/mol. The second-order valence-electron chi connectivity index (χ2n) is 10.6. The third kappa shape index (κ3) is 7.21. The van der Waals surface area contributed by atoms with Gasteiger partial charge in [0.15, 0.2) is 11.6 Å². The lowest BCUT2D eigenvalue weighted by Gasteiger charge is -2.38. The van der Waals surface area contributed by atoms with Gasteiger partial charge in [-0.2, -0.15) is 4.39 Å². The lowest BCUT2D eigenvalue weighted by molar-refractivity contribution is 0.155. The quantitative estimate of drug-likeness (QED) is 0.237. The van der Waals surface area contributed by atoms with Crippen molar-refractivity contribution in [1.82, 2.24) is 0 Å². The fourth-order valence-electron chi connectivity index (χ4n) is 6.28. The van der Waals surface area contributed by atoms with E-state index in [1.807, 2.05) is 0 Å². The molecule has 2 fully saturated rings. The minimum atomic E-state index is -0.854. The number of ether oxygens (including phenoxy) is 1. The van der Waals surface area contributed by atoms with Gasteiger partial charge < -0.3 is 4.74 Å². The Hall–Kier alpha value is -1.56. The summed E-state index contributed by atoms with van der Waals surface area (Å²) in [5.41, 5.74) is 0.529. The van der Waals surface area contributed by atoms with Crippen LogP contribution in [0.4, 0.5) is 8.78 Å². The summed E-state index contributed by atoms with van der Waals surface area (Å²) in [5, 5.41) is 0. The van der Waals surface area contributed by atoms with E-state index in [9.17, 15) is 8.78 Å². The Balaban J connectivity index is 1.51. The van der Waals surface area contributed by atoms with E-state index in [4.69, 9.17) is 11.2 Å². The molecule has 0 N–H and O–H groups in total. The SMILES string of the molecule is C#CC(CCCCC)COc1ccc(C2CCC(C3CCC(CCC)CC3)CC2)c(F)c1F. The first-order valence-corrected chi connectivity index (χ1v) is 13.6. The van der Waals surface area contributed by atoms with Gasteiger partial charge in [-0.1, -0.05) is 70.8 Å². The molecule has 0 amide bonds. The van der Waals surface area contributed by atoms with Crippen molar-refractivity contribution in [1.29, 1.82) is 0 Å². The van der Waals surface area contributed by atoms with Crippen molar-refractivity contribution in [2.24, 2.45) is 23.7 Å². The molecule has 0 saturated heterocycles. The van der Waals surface area contributed by atoms with Gasteiger partial charge in [0.05, 0.1) is 5.92 Å². The third-order valence-corrected chi connectivity index (χ3v) is 8.38. The standard InChI is InChI=1S/C30H44F2O/c1-4-7-8-10-22(6-3)21-33-28-20-19-27(29(31)30(28)32)26-17-15-25(16-18-26)24-13-11-23(9-5-2)12-14-24/h3,19-20,22-26H,4-5,7-18,21H2,1-2H3. The number of hydrogen-bond donors (Lipinski definition) is 0. The van der Waals surface area contributed by atoms with E-state index in [0.29, 0.717) is 5.56 Å². The molecule has 33 heavy (non-hydrogen) atoms. The Kier molecular flexibility index (Phi) is 10.5. The van der Waals surface area contributed by atoms with Gasteiger partial charge in [-0.25, -0.2) is 4.39 Å². The number of hydrogen-bond acceptors (Lipinski definition) is 1. The summed E-state index contributed by atoms with van der Waals surface area (Å²) in [5.74, 6) is 3.75. The molecule has 1 atom stereocenters. The van der Waals surface area contributed by atoms with Crippen LogP contribution >= 0.6 is 0 Å². The van der Waals surface area contributed by atoms with Crippen molar-refractivity contribution in [3.8, 4) is 18.1 Å². The Morgan fingerprint density at radius 2 is 1.58 bits per heavy atom. The van der Waals surface area contributed by atoms with Crippen LogP contribution < -0.4 is 4.74 Å². The van der Waals surface area contributed by atoms with Gasteiger partial charge in [0.25, 0.3) is 0 Å². The average Bonchev–Trinajstić information content (AvgIpc) is 2.84. The molecular formula is C30H44F2O. The molecule has 1 aromatic carbocycles. The van der Waals surface area contributed by atoms with E-state index in [2.05, 4.69) is 19.8 Å². The second-order valence-corrected chi connectivity index (χ2v) is 10.6. The highest BCUT2D eigenvalue weighted by Crippen LogP contribution is 2.45. The van der Waals surface area contributed by atoms with Crippen LogP contribution in [-0.2, 0) is 0 Å². The first kappa shape index (κ1) is 26.1. The van der Waals surface area contributed by atoms with Crippen molar-refractivity contribution in [2.75, 3.05) is 6.61 Å². The largest absolute Gasteiger partial charge is 0.489 e. The van der Waals surface area contributed by atoms with E-state index in [0.717, 1.165) is 69.1 Å². The van der Waals surface area contributed by atoms with Crippen LogP contribution in [0.3, 0.4) is 0 Å². The maximum absolute atomic E-state index is 15.0. The number of unbranched alkanes of at least 4 members (excludes halogenated alkanes) is 2. The zero-order chi connectivity index (χ0) is 23.6. The van der Waals surface area contributed by atoms with Gasteiger partial charge in [-0.05, 0) is 80.2 Å². The van der Waals surface area contributed by atoms with Crippen molar-refractivity contribution in [2.45, 2.75) is 110 Å². The highest BCUT2D eigenvalue weighted by atomic mass is 19.2. The Morgan fingerprint density at radius 3 is 2.18 bits per heavy atom. The number of terminal acetylenes is 1. The molecule has 184 valence electrons. The molecule has 0 heterocycles. The topological polar surface area (TPSA) is 9.23 Å². The van der Waals surface area contributed by atoms with E-state index < -0.39 is 11.6 Å². The molecular weight excluding hydrogens is 414 g/mol. The predicted octanol–water partition coefficient (Wildman–Crippen LogP) is 9.05. The van der Waals surface area contributed by atoms with Crippen LogP contribution in [-0.4, -0.2) is 6.61 Å². The van der Waals surface area contributed by atoms with Gasteiger partial charge in [0.2, 0.25) is 5.82 Å². The normalized spacial score (nSPS) is 26.5. The molecule has 1 aromatic rings. The van der Waals surface area contributed by atoms with Crippen LogP contribution in [0.25, 0.3) is 0 Å². The number of rotatable bonds is 11. The smallest absolute Gasteiger partial charge is 0.200 e. The fourth-order valence-corrected chi connectivity index (χ4v) is 6.28. The second kappa shape index (κ2) is 13.4. The first-order chi connectivity index (χ1) is 16.1. The Labute approximate surface area is 201 Å². The highest BCUT2D eigenvalue weighted by molar-refractivity contribution is 5.33. The van der Waals surface area contributed by atoms with E-state index in [1.165, 1.54) is 38.5 Å². The molecule has 1 nitrogen and oxygen atoms in total. The number of halogens is 2. The molecule has 2 aliphatic rings. The predicted molar refractivity (Wildman–Crippen MR) is 133 cm³/mol. The summed E-state index contributed by atoms with van der Waals surface area (Å²) in [4.78, 5) is 0.